The molecule has 1 N–H and O–H groups in total. The SMILES string of the molecule is c1ccc2c(N3CCCNC3)ccnc2c1. The molecular formula is C13H15N3. The molecule has 1 aromatic carbocycles. The third-order valence-corrected chi connectivity index (χ3v) is 3.05. The molecule has 1 saturated heterocycles. The Kier molecular flexibility index (Phi) is 2.46. The van der Waals surface area contributed by atoms with Crippen LogP contribution < -0.4 is 10.2 Å². The van der Waals surface area contributed by atoms with Crippen LogP contribution in [-0.4, -0.2) is 24.7 Å². The second kappa shape index (κ2) is 4.10. The third-order valence-electron chi connectivity index (χ3n) is 3.05. The lowest BCUT2D eigenvalue weighted by Crippen LogP contribution is -2.41. The van der Waals surface area contributed by atoms with Gasteiger partial charge in [0.2, 0.25) is 0 Å². The zero-order valence-electron chi connectivity index (χ0n) is 9.19. The number of nitrogens with zero attached hydrogens (tertiary/aromatic N) is 2. The summed E-state index contributed by atoms with van der Waals surface area (Å²) >= 11 is 0. The van der Waals surface area contributed by atoms with Crippen LogP contribution in [-0.2, 0) is 0 Å². The topological polar surface area (TPSA) is 28.2 Å². The van der Waals surface area contributed by atoms with Gasteiger partial charge in [0, 0.05) is 23.8 Å². The zero-order chi connectivity index (χ0) is 10.8. The van der Waals surface area contributed by atoms with Crippen molar-refractivity contribution >= 4 is 16.6 Å². The first-order chi connectivity index (χ1) is 7.95. The number of para-hydroxylation sites is 1. The van der Waals surface area contributed by atoms with Crippen molar-refractivity contribution in [3.63, 3.8) is 0 Å². The van der Waals surface area contributed by atoms with Gasteiger partial charge in [0.05, 0.1) is 12.2 Å². The quantitative estimate of drug-likeness (QED) is 0.785. The van der Waals surface area contributed by atoms with Crippen LogP contribution in [0.2, 0.25) is 0 Å². The highest BCUT2D eigenvalue weighted by Gasteiger charge is 2.12. The number of hydrogen-bond acceptors (Lipinski definition) is 3. The van der Waals surface area contributed by atoms with Gasteiger partial charge >= 0.3 is 0 Å². The maximum atomic E-state index is 4.39. The molecule has 0 amide bonds. The second-order valence-corrected chi connectivity index (χ2v) is 4.12. The minimum atomic E-state index is 0.938. The van der Waals surface area contributed by atoms with Gasteiger partial charge in [-0.15, -0.1) is 0 Å². The van der Waals surface area contributed by atoms with E-state index in [1.54, 1.807) is 0 Å². The third kappa shape index (κ3) is 1.63. The van der Waals surface area contributed by atoms with Crippen molar-refractivity contribution in [1.29, 1.82) is 0 Å². The monoisotopic (exact) mass is 213 g/mol. The predicted octanol–water partition coefficient (Wildman–Crippen LogP) is 1.99. The van der Waals surface area contributed by atoms with Gasteiger partial charge in [-0.2, -0.15) is 0 Å². The molecule has 1 fully saturated rings. The average Bonchev–Trinajstić information content (AvgIpc) is 2.39. The maximum absolute atomic E-state index is 4.39. The molecule has 1 aliphatic heterocycles. The van der Waals surface area contributed by atoms with Crippen molar-refractivity contribution in [1.82, 2.24) is 10.3 Å². The van der Waals surface area contributed by atoms with E-state index in [0.29, 0.717) is 0 Å². The molecule has 0 aliphatic carbocycles. The minimum absolute atomic E-state index is 0.938. The summed E-state index contributed by atoms with van der Waals surface area (Å²) in [6.07, 6.45) is 3.10. The van der Waals surface area contributed by atoms with Crippen LogP contribution >= 0.6 is 0 Å². The molecule has 1 aliphatic rings. The molecule has 16 heavy (non-hydrogen) atoms. The summed E-state index contributed by atoms with van der Waals surface area (Å²) < 4.78 is 0. The number of rotatable bonds is 1. The largest absolute Gasteiger partial charge is 0.358 e. The van der Waals surface area contributed by atoms with E-state index in [4.69, 9.17) is 0 Å². The Hall–Kier alpha value is -1.61. The standard InChI is InChI=1S/C13H15N3/c1-2-5-12-11(4-1)13(6-8-15-12)16-9-3-7-14-10-16/h1-2,4-6,8,14H,3,7,9-10H2. The Morgan fingerprint density at radius 1 is 1.19 bits per heavy atom. The number of aromatic nitrogens is 1. The van der Waals surface area contributed by atoms with Crippen molar-refractivity contribution in [2.45, 2.75) is 6.42 Å². The van der Waals surface area contributed by atoms with Crippen LogP contribution in [0.4, 0.5) is 5.69 Å². The molecule has 0 bridgehead atoms. The van der Waals surface area contributed by atoms with E-state index in [2.05, 4.69) is 39.5 Å². The second-order valence-electron chi connectivity index (χ2n) is 4.12. The highest BCUT2D eigenvalue weighted by Crippen LogP contribution is 2.25. The molecule has 2 heterocycles. The van der Waals surface area contributed by atoms with Crippen LogP contribution in [0.1, 0.15) is 6.42 Å². The van der Waals surface area contributed by atoms with Crippen molar-refractivity contribution in [2.75, 3.05) is 24.7 Å². The average molecular weight is 213 g/mol. The van der Waals surface area contributed by atoms with E-state index in [0.717, 1.165) is 25.3 Å². The first kappa shape index (κ1) is 9.60. The van der Waals surface area contributed by atoms with Crippen LogP contribution in [0.3, 0.4) is 0 Å². The first-order valence-corrected chi connectivity index (χ1v) is 5.74. The lowest BCUT2D eigenvalue weighted by molar-refractivity contribution is 0.554. The lowest BCUT2D eigenvalue weighted by atomic mass is 10.1. The van der Waals surface area contributed by atoms with E-state index in [9.17, 15) is 0 Å². The van der Waals surface area contributed by atoms with E-state index >= 15 is 0 Å². The Bertz CT molecular complexity index is 484. The van der Waals surface area contributed by atoms with E-state index in [-0.39, 0.29) is 0 Å². The molecule has 2 aromatic rings. The number of anilines is 1. The molecule has 3 heteroatoms. The first-order valence-electron chi connectivity index (χ1n) is 5.74. The smallest absolute Gasteiger partial charge is 0.0722 e. The number of nitrogens with one attached hydrogen (secondary N) is 1. The summed E-state index contributed by atoms with van der Waals surface area (Å²) in [7, 11) is 0. The van der Waals surface area contributed by atoms with Gasteiger partial charge in [0.15, 0.2) is 0 Å². The molecule has 3 nitrogen and oxygen atoms in total. The van der Waals surface area contributed by atoms with E-state index in [1.807, 2.05) is 12.3 Å². The fourth-order valence-electron chi connectivity index (χ4n) is 2.25. The van der Waals surface area contributed by atoms with Crippen molar-refractivity contribution < 1.29 is 0 Å². The normalized spacial score (nSPS) is 16.6. The summed E-state index contributed by atoms with van der Waals surface area (Å²) in [6.45, 7) is 3.19. The lowest BCUT2D eigenvalue weighted by Gasteiger charge is -2.30. The molecule has 0 saturated carbocycles. The Morgan fingerprint density at radius 2 is 2.12 bits per heavy atom. The van der Waals surface area contributed by atoms with Crippen LogP contribution in [0, 0.1) is 0 Å². The number of pyridine rings is 1. The van der Waals surface area contributed by atoms with Gasteiger partial charge in [-0.05, 0) is 25.1 Å². The van der Waals surface area contributed by atoms with Crippen LogP contribution in [0.5, 0.6) is 0 Å². The summed E-state index contributed by atoms with van der Waals surface area (Å²) in [6, 6.07) is 10.4. The van der Waals surface area contributed by atoms with Crippen LogP contribution in [0.25, 0.3) is 10.9 Å². The van der Waals surface area contributed by atoms with Crippen LogP contribution in [0.15, 0.2) is 36.5 Å². The van der Waals surface area contributed by atoms with Gasteiger partial charge in [0.25, 0.3) is 0 Å². The van der Waals surface area contributed by atoms with E-state index < -0.39 is 0 Å². The molecule has 0 radical (unpaired) electrons. The molecule has 3 rings (SSSR count). The van der Waals surface area contributed by atoms with Crippen molar-refractivity contribution in [3.05, 3.63) is 36.5 Å². The Labute approximate surface area is 95.1 Å². The Balaban J connectivity index is 2.08. The highest BCUT2D eigenvalue weighted by atomic mass is 15.2. The molecule has 82 valence electrons. The zero-order valence-corrected chi connectivity index (χ0v) is 9.19. The fourth-order valence-corrected chi connectivity index (χ4v) is 2.25. The molecular weight excluding hydrogens is 198 g/mol. The molecule has 0 unspecified atom stereocenters. The molecule has 0 spiro atoms. The van der Waals surface area contributed by atoms with Crippen molar-refractivity contribution in [2.24, 2.45) is 0 Å². The van der Waals surface area contributed by atoms with Crippen molar-refractivity contribution in [3.8, 4) is 0 Å². The maximum Gasteiger partial charge on any atom is 0.0722 e. The molecule has 1 aromatic heterocycles. The predicted molar refractivity (Wildman–Crippen MR) is 66.6 cm³/mol. The van der Waals surface area contributed by atoms with Gasteiger partial charge in [0.1, 0.15) is 0 Å². The van der Waals surface area contributed by atoms with Gasteiger partial charge in [-0.25, -0.2) is 0 Å². The van der Waals surface area contributed by atoms with Gasteiger partial charge in [-0.3, -0.25) is 10.3 Å². The molecule has 0 atom stereocenters. The fraction of sp³-hybridized carbons (Fsp3) is 0.308. The number of hydrogen-bond donors (Lipinski definition) is 1. The van der Waals surface area contributed by atoms with Gasteiger partial charge in [-0.1, -0.05) is 18.2 Å². The highest BCUT2D eigenvalue weighted by molar-refractivity contribution is 5.91. The van der Waals surface area contributed by atoms with E-state index in [1.165, 1.54) is 17.5 Å². The number of fused-ring (bicyclic) bond motifs is 1. The van der Waals surface area contributed by atoms with Gasteiger partial charge < -0.3 is 4.90 Å². The summed E-state index contributed by atoms with van der Waals surface area (Å²) in [5, 5.41) is 4.65. The minimum Gasteiger partial charge on any atom is -0.358 e. The summed E-state index contributed by atoms with van der Waals surface area (Å²) in [4.78, 5) is 6.77. The summed E-state index contributed by atoms with van der Waals surface area (Å²) in [5.74, 6) is 0. The number of benzene rings is 1. The Morgan fingerprint density at radius 3 is 3.00 bits per heavy atom. The summed E-state index contributed by atoms with van der Waals surface area (Å²) in [5.41, 5.74) is 2.36.